The molecule has 0 radical (unpaired) electrons. The first-order valence-corrected chi connectivity index (χ1v) is 6.87. The Labute approximate surface area is 119 Å². The Morgan fingerprint density at radius 2 is 2.35 bits per heavy atom. The van der Waals surface area contributed by atoms with Gasteiger partial charge in [0.15, 0.2) is 5.96 Å². The monoisotopic (exact) mass is 293 g/mol. The van der Waals surface area contributed by atoms with Gasteiger partial charge in [0, 0.05) is 11.9 Å². The first kappa shape index (κ1) is 14.0. The van der Waals surface area contributed by atoms with E-state index in [1.807, 2.05) is 6.92 Å². The standard InChI is InChI=1S/C11H15N7OS/c1-2-3-14-10-15-4-6(16-10)8(19)7-5-20-11(17-7)18-9(12)13/h4-5H,2-3H2,1H3,(H2,14,15,16)(H4,12,13,17,18). The first-order valence-electron chi connectivity index (χ1n) is 5.99. The number of anilines is 1. The Bertz CT molecular complexity index is 626. The molecular formula is C11H15N7OS. The van der Waals surface area contributed by atoms with Gasteiger partial charge in [-0.2, -0.15) is 4.99 Å². The number of hydrogen-bond donors (Lipinski definition) is 4. The highest BCUT2D eigenvalue weighted by Crippen LogP contribution is 2.20. The molecule has 0 bridgehead atoms. The number of H-pyrrole nitrogens is 1. The lowest BCUT2D eigenvalue weighted by Crippen LogP contribution is -2.21. The molecule has 0 amide bonds. The van der Waals surface area contributed by atoms with Crippen molar-refractivity contribution in [1.82, 2.24) is 15.0 Å². The molecule has 0 unspecified atom stereocenters. The lowest BCUT2D eigenvalue weighted by Gasteiger charge is -1.98. The lowest BCUT2D eigenvalue weighted by atomic mass is 10.2. The number of aromatic nitrogens is 3. The number of rotatable bonds is 6. The highest BCUT2D eigenvalue weighted by Gasteiger charge is 2.15. The van der Waals surface area contributed by atoms with Crippen molar-refractivity contribution in [2.45, 2.75) is 13.3 Å². The molecule has 2 heterocycles. The maximum absolute atomic E-state index is 12.2. The summed E-state index contributed by atoms with van der Waals surface area (Å²) in [6.45, 7) is 2.83. The summed E-state index contributed by atoms with van der Waals surface area (Å²) < 4.78 is 0. The number of nitrogens with two attached hydrogens (primary N) is 2. The number of guanidine groups is 1. The average molecular weight is 293 g/mol. The number of hydrogen-bond acceptors (Lipinski definition) is 6. The molecule has 9 heteroatoms. The van der Waals surface area contributed by atoms with Crippen LogP contribution in [-0.4, -0.2) is 33.2 Å². The molecule has 0 fully saturated rings. The number of nitrogens with zero attached hydrogens (tertiary/aromatic N) is 3. The van der Waals surface area contributed by atoms with Crippen LogP contribution in [0.15, 0.2) is 16.6 Å². The third-order valence-electron chi connectivity index (χ3n) is 2.31. The molecule has 0 aliphatic rings. The summed E-state index contributed by atoms with van der Waals surface area (Å²) in [6.07, 6.45) is 2.44. The Morgan fingerprint density at radius 1 is 1.55 bits per heavy atom. The number of ketones is 1. The predicted octanol–water partition coefficient (Wildman–Crippen LogP) is 0.824. The van der Waals surface area contributed by atoms with Crippen LogP contribution in [0.2, 0.25) is 0 Å². The number of thiazole rings is 1. The van der Waals surface area contributed by atoms with Gasteiger partial charge in [-0.1, -0.05) is 6.92 Å². The van der Waals surface area contributed by atoms with Gasteiger partial charge in [-0.05, 0) is 6.42 Å². The van der Waals surface area contributed by atoms with Crippen molar-refractivity contribution in [1.29, 1.82) is 0 Å². The van der Waals surface area contributed by atoms with E-state index in [0.717, 1.165) is 13.0 Å². The fourth-order valence-electron chi connectivity index (χ4n) is 1.44. The molecule has 0 aliphatic heterocycles. The average Bonchev–Trinajstić information content (AvgIpc) is 3.04. The topological polar surface area (TPSA) is 135 Å². The lowest BCUT2D eigenvalue weighted by molar-refractivity contribution is 0.103. The smallest absolute Gasteiger partial charge is 0.230 e. The van der Waals surface area contributed by atoms with Crippen LogP contribution in [0.3, 0.4) is 0 Å². The van der Waals surface area contributed by atoms with Crippen molar-refractivity contribution in [3.05, 3.63) is 23.0 Å². The van der Waals surface area contributed by atoms with Crippen molar-refractivity contribution in [3.63, 3.8) is 0 Å². The van der Waals surface area contributed by atoms with E-state index in [1.54, 1.807) is 5.38 Å². The highest BCUT2D eigenvalue weighted by atomic mass is 32.1. The predicted molar refractivity (Wildman–Crippen MR) is 78.4 cm³/mol. The van der Waals surface area contributed by atoms with Crippen LogP contribution in [0.4, 0.5) is 11.1 Å². The summed E-state index contributed by atoms with van der Waals surface area (Å²) >= 11 is 1.19. The Morgan fingerprint density at radius 3 is 3.05 bits per heavy atom. The van der Waals surface area contributed by atoms with E-state index in [-0.39, 0.29) is 17.4 Å². The van der Waals surface area contributed by atoms with E-state index in [9.17, 15) is 4.79 Å². The minimum atomic E-state index is -0.254. The fourth-order valence-corrected chi connectivity index (χ4v) is 2.12. The zero-order valence-electron chi connectivity index (χ0n) is 10.9. The molecule has 0 aromatic carbocycles. The second-order valence-electron chi connectivity index (χ2n) is 3.95. The van der Waals surface area contributed by atoms with Crippen LogP contribution in [0.1, 0.15) is 29.5 Å². The maximum atomic E-state index is 12.2. The summed E-state index contributed by atoms with van der Waals surface area (Å²) in [5.74, 6) is 0.219. The minimum Gasteiger partial charge on any atom is -0.370 e. The zero-order valence-corrected chi connectivity index (χ0v) is 11.7. The number of aliphatic imine (C=N–C) groups is 1. The van der Waals surface area contributed by atoms with Gasteiger partial charge in [0.1, 0.15) is 11.4 Å². The second kappa shape index (κ2) is 6.15. The Hall–Kier alpha value is -2.42. The summed E-state index contributed by atoms with van der Waals surface area (Å²) in [6, 6.07) is 0. The number of nitrogens with one attached hydrogen (secondary N) is 2. The van der Waals surface area contributed by atoms with Gasteiger partial charge >= 0.3 is 0 Å². The van der Waals surface area contributed by atoms with E-state index in [1.165, 1.54) is 17.5 Å². The highest BCUT2D eigenvalue weighted by molar-refractivity contribution is 7.13. The molecule has 20 heavy (non-hydrogen) atoms. The molecule has 0 aliphatic carbocycles. The van der Waals surface area contributed by atoms with E-state index >= 15 is 0 Å². The van der Waals surface area contributed by atoms with Crippen LogP contribution >= 0.6 is 11.3 Å². The van der Waals surface area contributed by atoms with Gasteiger partial charge in [0.2, 0.25) is 16.9 Å². The van der Waals surface area contributed by atoms with E-state index < -0.39 is 0 Å². The zero-order chi connectivity index (χ0) is 14.5. The molecule has 0 atom stereocenters. The maximum Gasteiger partial charge on any atom is 0.230 e. The molecule has 8 nitrogen and oxygen atoms in total. The molecule has 2 aromatic heterocycles. The number of aromatic amines is 1. The summed E-state index contributed by atoms with van der Waals surface area (Å²) in [7, 11) is 0. The van der Waals surface area contributed by atoms with Gasteiger partial charge in [0.25, 0.3) is 0 Å². The van der Waals surface area contributed by atoms with E-state index in [4.69, 9.17) is 11.5 Å². The third-order valence-corrected chi connectivity index (χ3v) is 3.05. The Kier molecular flexibility index (Phi) is 4.31. The van der Waals surface area contributed by atoms with Gasteiger partial charge in [0.05, 0.1) is 6.20 Å². The van der Waals surface area contributed by atoms with Crippen LogP contribution in [0.25, 0.3) is 0 Å². The number of carbonyl (C=O) groups is 1. The molecule has 0 spiro atoms. The molecule has 2 aromatic rings. The second-order valence-corrected chi connectivity index (χ2v) is 4.79. The third kappa shape index (κ3) is 3.32. The normalized spacial score (nSPS) is 10.2. The van der Waals surface area contributed by atoms with Crippen molar-refractivity contribution < 1.29 is 4.79 Å². The molecule has 2 rings (SSSR count). The Balaban J connectivity index is 2.12. The van der Waals surface area contributed by atoms with Gasteiger partial charge in [-0.25, -0.2) is 9.97 Å². The molecule has 0 saturated heterocycles. The fraction of sp³-hybridized carbons (Fsp3) is 0.273. The van der Waals surface area contributed by atoms with Gasteiger partial charge in [-0.3, -0.25) is 4.79 Å². The largest absolute Gasteiger partial charge is 0.370 e. The summed E-state index contributed by atoms with van der Waals surface area (Å²) in [4.78, 5) is 27.0. The summed E-state index contributed by atoms with van der Waals surface area (Å²) in [5.41, 5.74) is 11.2. The van der Waals surface area contributed by atoms with E-state index in [2.05, 4.69) is 25.3 Å². The van der Waals surface area contributed by atoms with Crippen molar-refractivity contribution >= 4 is 34.2 Å². The van der Waals surface area contributed by atoms with Crippen molar-refractivity contribution in [2.75, 3.05) is 11.9 Å². The van der Waals surface area contributed by atoms with Gasteiger partial charge < -0.3 is 21.8 Å². The van der Waals surface area contributed by atoms with E-state index in [0.29, 0.717) is 16.8 Å². The van der Waals surface area contributed by atoms with Crippen molar-refractivity contribution in [3.8, 4) is 0 Å². The van der Waals surface area contributed by atoms with Crippen LogP contribution in [-0.2, 0) is 0 Å². The summed E-state index contributed by atoms with van der Waals surface area (Å²) in [5, 5.41) is 5.01. The minimum absolute atomic E-state index is 0.0917. The van der Waals surface area contributed by atoms with Crippen LogP contribution in [0, 0.1) is 0 Å². The van der Waals surface area contributed by atoms with Gasteiger partial charge in [-0.15, -0.1) is 11.3 Å². The SMILES string of the molecule is CCCNc1ncc(C(=O)c2csc(N=C(N)N)n2)[nH]1. The first-order chi connectivity index (χ1) is 9.60. The number of imidazole rings is 1. The van der Waals surface area contributed by atoms with Crippen LogP contribution < -0.4 is 16.8 Å². The quantitative estimate of drug-likeness (QED) is 0.354. The molecule has 106 valence electrons. The molecular weight excluding hydrogens is 278 g/mol. The van der Waals surface area contributed by atoms with Crippen LogP contribution in [0.5, 0.6) is 0 Å². The van der Waals surface area contributed by atoms with Crippen molar-refractivity contribution in [2.24, 2.45) is 16.5 Å². The number of carbonyl (C=O) groups excluding carboxylic acids is 1. The molecule has 6 N–H and O–H groups in total. The molecule has 0 saturated carbocycles.